The molecule has 0 bridgehead atoms. The quantitative estimate of drug-likeness (QED) is 0.919. The van der Waals surface area contributed by atoms with Crippen LogP contribution in [0.15, 0.2) is 40.3 Å². The molecule has 3 nitrogen and oxygen atoms in total. The average molecular weight is 283 g/mol. The molecule has 0 aromatic carbocycles. The molecule has 0 saturated carbocycles. The number of carbonyl (C=O) groups is 1. The summed E-state index contributed by atoms with van der Waals surface area (Å²) < 4.78 is 0.915. The summed E-state index contributed by atoms with van der Waals surface area (Å²) >= 11 is 4.69. The molecule has 2 aromatic heterocycles. The van der Waals surface area contributed by atoms with Gasteiger partial charge in [0.25, 0.3) is 5.91 Å². The molecule has 2 aromatic rings. The lowest BCUT2D eigenvalue weighted by atomic mass is 10.4. The zero-order valence-corrected chi connectivity index (χ0v) is 10.0. The zero-order chi connectivity index (χ0) is 10.7. The molecule has 0 atom stereocenters. The van der Waals surface area contributed by atoms with Gasteiger partial charge < -0.3 is 5.32 Å². The van der Waals surface area contributed by atoms with E-state index < -0.39 is 0 Å². The molecule has 0 aliphatic rings. The molecular formula is C10H7BrN2OS. The first-order chi connectivity index (χ1) is 7.25. The number of pyridine rings is 1. The first-order valence-corrected chi connectivity index (χ1v) is 5.89. The van der Waals surface area contributed by atoms with Crippen LogP contribution in [0.5, 0.6) is 0 Å². The minimum Gasteiger partial charge on any atom is -0.306 e. The van der Waals surface area contributed by atoms with Crippen LogP contribution < -0.4 is 5.32 Å². The number of nitrogens with zero attached hydrogens (tertiary/aromatic N) is 1. The Morgan fingerprint density at radius 2 is 2.33 bits per heavy atom. The van der Waals surface area contributed by atoms with E-state index in [1.54, 1.807) is 24.4 Å². The number of hydrogen-bond acceptors (Lipinski definition) is 3. The zero-order valence-electron chi connectivity index (χ0n) is 7.61. The highest BCUT2D eigenvalue weighted by atomic mass is 79.9. The molecule has 0 spiro atoms. The van der Waals surface area contributed by atoms with Gasteiger partial charge in [-0.05, 0) is 34.1 Å². The van der Waals surface area contributed by atoms with Crippen molar-refractivity contribution in [3.05, 3.63) is 45.2 Å². The van der Waals surface area contributed by atoms with E-state index in [0.29, 0.717) is 10.7 Å². The first kappa shape index (κ1) is 10.3. The maximum atomic E-state index is 11.7. The molecule has 0 saturated heterocycles. The predicted octanol–water partition coefficient (Wildman–Crippen LogP) is 3.16. The average Bonchev–Trinajstić information content (AvgIpc) is 2.66. The van der Waals surface area contributed by atoms with Crippen LogP contribution in [-0.2, 0) is 0 Å². The van der Waals surface area contributed by atoms with Crippen molar-refractivity contribution in [1.29, 1.82) is 0 Å². The van der Waals surface area contributed by atoms with Crippen molar-refractivity contribution in [2.24, 2.45) is 0 Å². The second kappa shape index (κ2) is 4.55. The van der Waals surface area contributed by atoms with Gasteiger partial charge in [-0.2, -0.15) is 0 Å². The Morgan fingerprint density at radius 1 is 1.47 bits per heavy atom. The fourth-order valence-corrected chi connectivity index (χ4v) is 2.37. The third-order valence-electron chi connectivity index (χ3n) is 1.70. The van der Waals surface area contributed by atoms with Crippen LogP contribution in [0.1, 0.15) is 9.67 Å². The minimum atomic E-state index is -0.135. The van der Waals surface area contributed by atoms with Crippen LogP contribution in [0.25, 0.3) is 0 Å². The Bertz CT molecular complexity index is 469. The molecule has 0 aliphatic heterocycles. The van der Waals surface area contributed by atoms with Gasteiger partial charge >= 0.3 is 0 Å². The van der Waals surface area contributed by atoms with Crippen LogP contribution in [0.3, 0.4) is 0 Å². The largest absolute Gasteiger partial charge is 0.306 e. The van der Waals surface area contributed by atoms with E-state index in [2.05, 4.69) is 26.2 Å². The van der Waals surface area contributed by atoms with E-state index in [1.165, 1.54) is 11.3 Å². The van der Waals surface area contributed by atoms with Crippen molar-refractivity contribution in [2.75, 3.05) is 5.32 Å². The smallest absolute Gasteiger partial charge is 0.266 e. The number of hydrogen-bond donors (Lipinski definition) is 1. The van der Waals surface area contributed by atoms with Crippen molar-refractivity contribution < 1.29 is 4.79 Å². The van der Waals surface area contributed by atoms with Gasteiger partial charge in [-0.1, -0.05) is 6.07 Å². The summed E-state index contributed by atoms with van der Waals surface area (Å²) in [5.41, 5.74) is 0. The lowest BCUT2D eigenvalue weighted by molar-refractivity contribution is 0.103. The molecule has 1 N–H and O–H groups in total. The molecule has 0 radical (unpaired) electrons. The van der Waals surface area contributed by atoms with E-state index >= 15 is 0 Å². The number of amides is 1. The van der Waals surface area contributed by atoms with Crippen molar-refractivity contribution in [3.8, 4) is 0 Å². The third-order valence-corrected chi connectivity index (χ3v) is 3.39. The monoisotopic (exact) mass is 282 g/mol. The number of rotatable bonds is 2. The van der Waals surface area contributed by atoms with Crippen LogP contribution >= 0.6 is 27.3 Å². The molecule has 2 rings (SSSR count). The van der Waals surface area contributed by atoms with Crippen molar-refractivity contribution >= 4 is 39.0 Å². The summed E-state index contributed by atoms with van der Waals surface area (Å²) in [5, 5.41) is 4.58. The van der Waals surface area contributed by atoms with Crippen molar-refractivity contribution in [1.82, 2.24) is 4.98 Å². The Morgan fingerprint density at radius 3 is 2.93 bits per heavy atom. The van der Waals surface area contributed by atoms with Gasteiger partial charge in [0, 0.05) is 16.0 Å². The van der Waals surface area contributed by atoms with Gasteiger partial charge in [-0.3, -0.25) is 4.79 Å². The van der Waals surface area contributed by atoms with Gasteiger partial charge in [0.1, 0.15) is 5.82 Å². The Hall–Kier alpha value is -1.20. The molecule has 0 fully saturated rings. The molecule has 0 unspecified atom stereocenters. The van der Waals surface area contributed by atoms with E-state index in [-0.39, 0.29) is 5.91 Å². The van der Waals surface area contributed by atoms with Crippen molar-refractivity contribution in [2.45, 2.75) is 0 Å². The summed E-state index contributed by atoms with van der Waals surface area (Å²) in [6.45, 7) is 0. The molecule has 1 amide bonds. The van der Waals surface area contributed by atoms with Crippen LogP contribution in [0, 0.1) is 0 Å². The number of carbonyl (C=O) groups excluding carboxylic acids is 1. The highest BCUT2D eigenvalue weighted by Gasteiger charge is 2.08. The topological polar surface area (TPSA) is 42.0 Å². The Kier molecular flexibility index (Phi) is 3.13. The van der Waals surface area contributed by atoms with Gasteiger partial charge in [0.15, 0.2) is 0 Å². The number of aromatic nitrogens is 1. The molecular weight excluding hydrogens is 276 g/mol. The summed E-state index contributed by atoms with van der Waals surface area (Å²) in [4.78, 5) is 16.3. The Balaban J connectivity index is 2.11. The fraction of sp³-hybridized carbons (Fsp3) is 0. The lowest BCUT2D eigenvalue weighted by Crippen LogP contribution is -2.10. The van der Waals surface area contributed by atoms with E-state index in [9.17, 15) is 4.79 Å². The highest BCUT2D eigenvalue weighted by molar-refractivity contribution is 9.10. The van der Waals surface area contributed by atoms with Crippen LogP contribution in [0.2, 0.25) is 0 Å². The highest BCUT2D eigenvalue weighted by Crippen LogP contribution is 2.20. The molecule has 5 heteroatoms. The molecule has 76 valence electrons. The van der Waals surface area contributed by atoms with Gasteiger partial charge in [0.2, 0.25) is 0 Å². The number of thiophene rings is 1. The summed E-state index contributed by atoms with van der Waals surface area (Å²) in [5.74, 6) is 0.427. The molecule has 15 heavy (non-hydrogen) atoms. The van der Waals surface area contributed by atoms with Crippen LogP contribution in [-0.4, -0.2) is 10.9 Å². The first-order valence-electron chi connectivity index (χ1n) is 4.22. The predicted molar refractivity (Wildman–Crippen MR) is 64.2 cm³/mol. The second-order valence-corrected chi connectivity index (χ2v) is 4.63. The number of halogens is 1. The van der Waals surface area contributed by atoms with Crippen LogP contribution in [0.4, 0.5) is 5.82 Å². The standard InChI is InChI=1S/C10H7BrN2OS/c11-7-5-8(15-6-7)10(14)13-9-3-1-2-4-12-9/h1-6H,(H,12,13,14). The van der Waals surface area contributed by atoms with Gasteiger partial charge in [-0.15, -0.1) is 11.3 Å². The summed E-state index contributed by atoms with van der Waals surface area (Å²) in [6, 6.07) is 7.16. The van der Waals surface area contributed by atoms with Gasteiger partial charge in [-0.25, -0.2) is 4.98 Å². The summed E-state index contributed by atoms with van der Waals surface area (Å²) in [6.07, 6.45) is 1.64. The SMILES string of the molecule is O=C(Nc1ccccn1)c1cc(Br)cs1. The molecule has 2 heterocycles. The molecule has 0 aliphatic carbocycles. The fourth-order valence-electron chi connectivity index (χ4n) is 1.05. The number of anilines is 1. The summed E-state index contributed by atoms with van der Waals surface area (Å²) in [7, 11) is 0. The lowest BCUT2D eigenvalue weighted by Gasteiger charge is -2.00. The van der Waals surface area contributed by atoms with Crippen molar-refractivity contribution in [3.63, 3.8) is 0 Å². The maximum Gasteiger partial charge on any atom is 0.266 e. The van der Waals surface area contributed by atoms with E-state index in [4.69, 9.17) is 0 Å². The number of nitrogens with one attached hydrogen (secondary N) is 1. The Labute approximate surface area is 99.3 Å². The third kappa shape index (κ3) is 2.64. The van der Waals surface area contributed by atoms with E-state index in [0.717, 1.165) is 4.47 Å². The van der Waals surface area contributed by atoms with E-state index in [1.807, 2.05) is 11.4 Å². The minimum absolute atomic E-state index is 0.135. The normalized spacial score (nSPS) is 9.93. The van der Waals surface area contributed by atoms with Gasteiger partial charge in [0.05, 0.1) is 4.88 Å². The maximum absolute atomic E-state index is 11.7. The second-order valence-electron chi connectivity index (χ2n) is 2.80.